The van der Waals surface area contributed by atoms with Gasteiger partial charge in [0, 0.05) is 13.0 Å². The van der Waals surface area contributed by atoms with E-state index in [9.17, 15) is 4.79 Å². The van der Waals surface area contributed by atoms with Crippen LogP contribution >= 0.6 is 0 Å². The largest absolute Gasteiger partial charge is 0.462 e. The first-order valence-corrected chi connectivity index (χ1v) is 5.55. The Labute approximate surface area is 96.2 Å². The van der Waals surface area contributed by atoms with E-state index in [1.807, 2.05) is 31.3 Å². The van der Waals surface area contributed by atoms with Crippen molar-refractivity contribution in [2.24, 2.45) is 4.99 Å². The van der Waals surface area contributed by atoms with Gasteiger partial charge in [-0.15, -0.1) is 0 Å². The molecule has 0 saturated heterocycles. The number of aliphatic imine (C=N–C) groups is 1. The van der Waals surface area contributed by atoms with E-state index in [2.05, 4.69) is 4.99 Å². The van der Waals surface area contributed by atoms with Gasteiger partial charge in [-0.3, -0.25) is 4.99 Å². The predicted molar refractivity (Wildman–Crippen MR) is 65.0 cm³/mol. The molecule has 0 aliphatic carbocycles. The Morgan fingerprint density at radius 1 is 1.38 bits per heavy atom. The van der Waals surface area contributed by atoms with Gasteiger partial charge in [-0.2, -0.15) is 0 Å². The van der Waals surface area contributed by atoms with E-state index in [1.165, 1.54) is 0 Å². The molecule has 0 aliphatic rings. The number of carbonyl (C=O) groups is 1. The molecule has 0 amide bonds. The quantitative estimate of drug-likeness (QED) is 0.419. The number of carbonyl (C=O) groups excluding carboxylic acids is 1. The maximum absolute atomic E-state index is 11.5. The van der Waals surface area contributed by atoms with Crippen LogP contribution in [0.15, 0.2) is 35.3 Å². The fourth-order valence-electron chi connectivity index (χ4n) is 1.20. The normalized spacial score (nSPS) is 10.6. The summed E-state index contributed by atoms with van der Waals surface area (Å²) in [5.41, 5.74) is 0.597. The Kier molecular flexibility index (Phi) is 5.92. The van der Waals surface area contributed by atoms with Crippen LogP contribution in [0.1, 0.15) is 30.1 Å². The average molecular weight is 219 g/mol. The second-order valence-corrected chi connectivity index (χ2v) is 3.35. The first-order chi connectivity index (χ1) is 7.84. The molecule has 0 atom stereocenters. The predicted octanol–water partition coefficient (Wildman–Crippen LogP) is 2.71. The van der Waals surface area contributed by atoms with Crippen LogP contribution in [0.5, 0.6) is 0 Å². The minimum atomic E-state index is -0.264. The van der Waals surface area contributed by atoms with Crippen LogP contribution in [0.4, 0.5) is 0 Å². The lowest BCUT2D eigenvalue weighted by Gasteiger charge is -2.02. The number of ether oxygens (including phenoxy) is 1. The summed E-state index contributed by atoms with van der Waals surface area (Å²) in [5, 5.41) is 0. The fraction of sp³-hybridized carbons (Fsp3) is 0.385. The molecule has 0 radical (unpaired) electrons. The second-order valence-electron chi connectivity index (χ2n) is 3.35. The molecule has 0 bridgehead atoms. The highest BCUT2D eigenvalue weighted by molar-refractivity contribution is 5.89. The van der Waals surface area contributed by atoms with Gasteiger partial charge in [0.25, 0.3) is 0 Å². The first kappa shape index (κ1) is 12.4. The van der Waals surface area contributed by atoms with E-state index < -0.39 is 0 Å². The standard InChI is InChI=1S/C13H17NO2/c1-2-9-14-10-6-11-16-13(15)12-7-4-3-5-8-12/h3-5,7-9H,2,6,10-11H2,1H3. The van der Waals surface area contributed by atoms with E-state index in [0.29, 0.717) is 12.2 Å². The van der Waals surface area contributed by atoms with Crippen LogP contribution in [0.3, 0.4) is 0 Å². The highest BCUT2D eigenvalue weighted by Crippen LogP contribution is 2.01. The Hall–Kier alpha value is -1.64. The number of benzene rings is 1. The zero-order valence-corrected chi connectivity index (χ0v) is 9.56. The third-order valence-corrected chi connectivity index (χ3v) is 1.99. The van der Waals surface area contributed by atoms with Crippen molar-refractivity contribution in [2.75, 3.05) is 13.2 Å². The van der Waals surface area contributed by atoms with Crippen LogP contribution in [0, 0.1) is 0 Å². The van der Waals surface area contributed by atoms with Gasteiger partial charge in [0.2, 0.25) is 0 Å². The lowest BCUT2D eigenvalue weighted by atomic mass is 10.2. The maximum atomic E-state index is 11.5. The molecule has 3 heteroatoms. The molecule has 0 N–H and O–H groups in total. The average Bonchev–Trinajstić information content (AvgIpc) is 2.34. The summed E-state index contributed by atoms with van der Waals surface area (Å²) in [6.07, 6.45) is 3.60. The lowest BCUT2D eigenvalue weighted by molar-refractivity contribution is 0.0503. The van der Waals surface area contributed by atoms with Gasteiger partial charge in [0.1, 0.15) is 0 Å². The van der Waals surface area contributed by atoms with Crippen LogP contribution in [0.2, 0.25) is 0 Å². The molecule has 0 spiro atoms. The monoisotopic (exact) mass is 219 g/mol. The van der Waals surface area contributed by atoms with E-state index in [-0.39, 0.29) is 5.97 Å². The minimum Gasteiger partial charge on any atom is -0.462 e. The molecule has 1 rings (SSSR count). The van der Waals surface area contributed by atoms with Crippen molar-refractivity contribution in [1.82, 2.24) is 0 Å². The van der Waals surface area contributed by atoms with E-state index >= 15 is 0 Å². The summed E-state index contributed by atoms with van der Waals surface area (Å²) < 4.78 is 5.10. The number of esters is 1. The highest BCUT2D eigenvalue weighted by Gasteiger charge is 2.04. The van der Waals surface area contributed by atoms with Crippen molar-refractivity contribution in [3.8, 4) is 0 Å². The van der Waals surface area contributed by atoms with Crippen molar-refractivity contribution in [3.05, 3.63) is 35.9 Å². The van der Waals surface area contributed by atoms with E-state index in [0.717, 1.165) is 19.4 Å². The van der Waals surface area contributed by atoms with Gasteiger partial charge < -0.3 is 4.74 Å². The summed E-state index contributed by atoms with van der Waals surface area (Å²) in [5.74, 6) is -0.264. The zero-order valence-electron chi connectivity index (χ0n) is 9.56. The van der Waals surface area contributed by atoms with Crippen molar-refractivity contribution < 1.29 is 9.53 Å². The van der Waals surface area contributed by atoms with E-state index in [1.54, 1.807) is 12.1 Å². The molecule has 0 heterocycles. The number of rotatable bonds is 6. The molecular formula is C13H17NO2. The Morgan fingerprint density at radius 2 is 2.12 bits per heavy atom. The maximum Gasteiger partial charge on any atom is 0.338 e. The third kappa shape index (κ3) is 4.73. The molecule has 16 heavy (non-hydrogen) atoms. The summed E-state index contributed by atoms with van der Waals surface area (Å²) in [6.45, 7) is 3.18. The SMILES string of the molecule is CCC=NCCCOC(=O)c1ccccc1. The molecule has 0 aromatic heterocycles. The molecular weight excluding hydrogens is 202 g/mol. The van der Waals surface area contributed by atoms with Gasteiger partial charge in [-0.25, -0.2) is 4.79 Å². The number of hydrogen-bond donors (Lipinski definition) is 0. The fourth-order valence-corrected chi connectivity index (χ4v) is 1.20. The van der Waals surface area contributed by atoms with Crippen LogP contribution in [-0.2, 0) is 4.74 Å². The number of hydrogen-bond acceptors (Lipinski definition) is 3. The highest BCUT2D eigenvalue weighted by atomic mass is 16.5. The Bertz CT molecular complexity index is 333. The molecule has 86 valence electrons. The van der Waals surface area contributed by atoms with Crippen molar-refractivity contribution >= 4 is 12.2 Å². The Balaban J connectivity index is 2.19. The second kappa shape index (κ2) is 7.63. The van der Waals surface area contributed by atoms with Gasteiger partial charge in [-0.05, 0) is 24.8 Å². The third-order valence-electron chi connectivity index (χ3n) is 1.99. The first-order valence-electron chi connectivity index (χ1n) is 5.55. The summed E-state index contributed by atoms with van der Waals surface area (Å²) in [6, 6.07) is 9.01. The van der Waals surface area contributed by atoms with Gasteiger partial charge in [-0.1, -0.05) is 25.1 Å². The number of nitrogens with zero attached hydrogens (tertiary/aromatic N) is 1. The molecule has 0 unspecified atom stereocenters. The van der Waals surface area contributed by atoms with Crippen LogP contribution in [-0.4, -0.2) is 25.3 Å². The topological polar surface area (TPSA) is 38.7 Å². The minimum absolute atomic E-state index is 0.264. The summed E-state index contributed by atoms with van der Waals surface area (Å²) >= 11 is 0. The molecule has 3 nitrogen and oxygen atoms in total. The lowest BCUT2D eigenvalue weighted by Crippen LogP contribution is -2.06. The molecule has 1 aromatic rings. The molecule has 0 saturated carbocycles. The molecule has 0 aliphatic heterocycles. The molecule has 1 aromatic carbocycles. The van der Waals surface area contributed by atoms with Gasteiger partial charge >= 0.3 is 5.97 Å². The summed E-state index contributed by atoms with van der Waals surface area (Å²) in [7, 11) is 0. The smallest absolute Gasteiger partial charge is 0.338 e. The van der Waals surface area contributed by atoms with Gasteiger partial charge in [0.05, 0.1) is 12.2 Å². The van der Waals surface area contributed by atoms with Crippen LogP contribution in [0.25, 0.3) is 0 Å². The summed E-state index contributed by atoms with van der Waals surface area (Å²) in [4.78, 5) is 15.6. The Morgan fingerprint density at radius 3 is 2.81 bits per heavy atom. The van der Waals surface area contributed by atoms with Crippen LogP contribution < -0.4 is 0 Å². The van der Waals surface area contributed by atoms with Crippen molar-refractivity contribution in [1.29, 1.82) is 0 Å². The molecule has 0 fully saturated rings. The van der Waals surface area contributed by atoms with Crippen molar-refractivity contribution in [2.45, 2.75) is 19.8 Å². The zero-order chi connectivity index (χ0) is 11.6. The van der Waals surface area contributed by atoms with Crippen molar-refractivity contribution in [3.63, 3.8) is 0 Å². The van der Waals surface area contributed by atoms with E-state index in [4.69, 9.17) is 4.74 Å². The van der Waals surface area contributed by atoms with Gasteiger partial charge in [0.15, 0.2) is 0 Å².